The van der Waals surface area contributed by atoms with Gasteiger partial charge in [0.2, 0.25) is 0 Å². The Labute approximate surface area is 76.7 Å². The Balaban J connectivity index is 2.97. The van der Waals surface area contributed by atoms with E-state index in [1.807, 2.05) is 13.0 Å². The molecule has 0 aliphatic rings. The molecule has 1 aromatic carbocycles. The van der Waals surface area contributed by atoms with Gasteiger partial charge in [-0.05, 0) is 18.6 Å². The van der Waals surface area contributed by atoms with Gasteiger partial charge < -0.3 is 9.84 Å². The molecular formula is C9H11ClO2. The molecule has 0 atom stereocenters. The fourth-order valence-corrected chi connectivity index (χ4v) is 1.19. The predicted molar refractivity (Wildman–Crippen MR) is 48.5 cm³/mol. The highest BCUT2D eigenvalue weighted by atomic mass is 35.5. The molecule has 0 unspecified atom stereocenters. The topological polar surface area (TPSA) is 29.5 Å². The minimum absolute atomic E-state index is 0.0558. The lowest BCUT2D eigenvalue weighted by molar-refractivity contribution is 0.280. The van der Waals surface area contributed by atoms with Crippen LogP contribution in [0.5, 0.6) is 5.75 Å². The van der Waals surface area contributed by atoms with Crippen LogP contribution in [-0.2, 0) is 6.61 Å². The van der Waals surface area contributed by atoms with Gasteiger partial charge in [0.05, 0.1) is 18.2 Å². The summed E-state index contributed by atoms with van der Waals surface area (Å²) in [6.07, 6.45) is 0. The molecule has 0 saturated heterocycles. The number of aliphatic hydroxyl groups is 1. The summed E-state index contributed by atoms with van der Waals surface area (Å²) < 4.78 is 5.24. The number of benzene rings is 1. The molecule has 0 amide bonds. The summed E-state index contributed by atoms with van der Waals surface area (Å²) in [6, 6.07) is 5.36. The third-order valence-corrected chi connectivity index (χ3v) is 1.94. The highest BCUT2D eigenvalue weighted by Crippen LogP contribution is 2.27. The molecule has 0 spiro atoms. The first-order valence-corrected chi connectivity index (χ1v) is 4.18. The van der Waals surface area contributed by atoms with E-state index in [0.29, 0.717) is 22.9 Å². The van der Waals surface area contributed by atoms with E-state index in [4.69, 9.17) is 21.4 Å². The molecule has 66 valence electrons. The lowest BCUT2D eigenvalue weighted by Crippen LogP contribution is -1.94. The van der Waals surface area contributed by atoms with Gasteiger partial charge in [-0.25, -0.2) is 0 Å². The predicted octanol–water partition coefficient (Wildman–Crippen LogP) is 2.23. The molecule has 0 aliphatic heterocycles. The van der Waals surface area contributed by atoms with E-state index in [2.05, 4.69) is 0 Å². The summed E-state index contributed by atoms with van der Waals surface area (Å²) in [5.74, 6) is 0.630. The van der Waals surface area contributed by atoms with Gasteiger partial charge in [0.15, 0.2) is 0 Å². The van der Waals surface area contributed by atoms with Crippen LogP contribution in [0.4, 0.5) is 0 Å². The zero-order valence-electron chi connectivity index (χ0n) is 6.88. The van der Waals surface area contributed by atoms with Crippen LogP contribution in [0.2, 0.25) is 5.02 Å². The van der Waals surface area contributed by atoms with Gasteiger partial charge in [0, 0.05) is 0 Å². The summed E-state index contributed by atoms with van der Waals surface area (Å²) in [6.45, 7) is 2.41. The van der Waals surface area contributed by atoms with Gasteiger partial charge in [0.1, 0.15) is 5.75 Å². The number of hydrogen-bond donors (Lipinski definition) is 1. The normalized spacial score (nSPS) is 9.92. The molecule has 0 fully saturated rings. The molecule has 12 heavy (non-hydrogen) atoms. The van der Waals surface area contributed by atoms with Crippen LogP contribution in [0, 0.1) is 0 Å². The molecule has 0 radical (unpaired) electrons. The van der Waals surface area contributed by atoms with Crippen LogP contribution in [0.25, 0.3) is 0 Å². The minimum atomic E-state index is -0.0558. The smallest absolute Gasteiger partial charge is 0.138 e. The van der Waals surface area contributed by atoms with Crippen molar-refractivity contribution in [2.45, 2.75) is 13.5 Å². The standard InChI is InChI=1S/C9H11ClO2/c1-2-12-8-5-3-4-7(6-11)9(8)10/h3-5,11H,2,6H2,1H3. The largest absolute Gasteiger partial charge is 0.492 e. The van der Waals surface area contributed by atoms with Gasteiger partial charge >= 0.3 is 0 Å². The lowest BCUT2D eigenvalue weighted by atomic mass is 10.2. The Morgan fingerprint density at radius 1 is 1.50 bits per heavy atom. The number of ether oxygens (including phenoxy) is 1. The maximum absolute atomic E-state index is 8.87. The van der Waals surface area contributed by atoms with Crippen molar-refractivity contribution in [1.82, 2.24) is 0 Å². The highest BCUT2D eigenvalue weighted by Gasteiger charge is 2.04. The van der Waals surface area contributed by atoms with Crippen molar-refractivity contribution in [2.75, 3.05) is 6.61 Å². The maximum atomic E-state index is 8.87. The van der Waals surface area contributed by atoms with Gasteiger partial charge in [-0.2, -0.15) is 0 Å². The molecule has 0 bridgehead atoms. The average molecular weight is 187 g/mol. The number of rotatable bonds is 3. The summed E-state index contributed by atoms with van der Waals surface area (Å²) in [7, 11) is 0. The Bertz CT molecular complexity index is 261. The van der Waals surface area contributed by atoms with Crippen LogP contribution in [0.3, 0.4) is 0 Å². The van der Waals surface area contributed by atoms with E-state index in [-0.39, 0.29) is 6.61 Å². The maximum Gasteiger partial charge on any atom is 0.138 e. The summed E-state index contributed by atoms with van der Waals surface area (Å²) >= 11 is 5.90. The SMILES string of the molecule is CCOc1cccc(CO)c1Cl. The van der Waals surface area contributed by atoms with Crippen molar-refractivity contribution in [3.05, 3.63) is 28.8 Å². The van der Waals surface area contributed by atoms with Crippen molar-refractivity contribution < 1.29 is 9.84 Å². The zero-order valence-corrected chi connectivity index (χ0v) is 7.64. The Hall–Kier alpha value is -0.730. The molecule has 1 aromatic rings. The second-order valence-corrected chi connectivity index (χ2v) is 2.70. The van der Waals surface area contributed by atoms with Gasteiger partial charge in [-0.3, -0.25) is 0 Å². The van der Waals surface area contributed by atoms with Crippen LogP contribution in [0.1, 0.15) is 12.5 Å². The first-order valence-electron chi connectivity index (χ1n) is 3.80. The van der Waals surface area contributed by atoms with E-state index in [9.17, 15) is 0 Å². The van der Waals surface area contributed by atoms with Crippen LogP contribution in [-0.4, -0.2) is 11.7 Å². The molecule has 0 aromatic heterocycles. The van der Waals surface area contributed by atoms with E-state index in [1.54, 1.807) is 12.1 Å². The Kier molecular flexibility index (Phi) is 3.38. The van der Waals surface area contributed by atoms with E-state index in [0.717, 1.165) is 0 Å². The average Bonchev–Trinajstić information content (AvgIpc) is 2.09. The Morgan fingerprint density at radius 3 is 2.83 bits per heavy atom. The van der Waals surface area contributed by atoms with E-state index in [1.165, 1.54) is 0 Å². The molecule has 0 aliphatic carbocycles. The van der Waals surface area contributed by atoms with Crippen molar-refractivity contribution >= 4 is 11.6 Å². The van der Waals surface area contributed by atoms with Gasteiger partial charge in [-0.15, -0.1) is 0 Å². The second-order valence-electron chi connectivity index (χ2n) is 2.32. The van der Waals surface area contributed by atoms with Crippen molar-refractivity contribution in [1.29, 1.82) is 0 Å². The molecule has 2 nitrogen and oxygen atoms in total. The fourth-order valence-electron chi connectivity index (χ4n) is 0.945. The van der Waals surface area contributed by atoms with Crippen LogP contribution < -0.4 is 4.74 Å². The number of hydrogen-bond acceptors (Lipinski definition) is 2. The zero-order chi connectivity index (χ0) is 8.97. The number of halogens is 1. The van der Waals surface area contributed by atoms with Crippen molar-refractivity contribution in [3.63, 3.8) is 0 Å². The van der Waals surface area contributed by atoms with Crippen LogP contribution >= 0.6 is 11.6 Å². The fraction of sp³-hybridized carbons (Fsp3) is 0.333. The molecule has 3 heteroatoms. The minimum Gasteiger partial charge on any atom is -0.492 e. The summed E-state index contributed by atoms with van der Waals surface area (Å²) in [4.78, 5) is 0. The molecule has 1 N–H and O–H groups in total. The first-order chi connectivity index (χ1) is 5.79. The van der Waals surface area contributed by atoms with Gasteiger partial charge in [0.25, 0.3) is 0 Å². The van der Waals surface area contributed by atoms with Crippen molar-refractivity contribution in [3.8, 4) is 5.75 Å². The quantitative estimate of drug-likeness (QED) is 0.785. The van der Waals surface area contributed by atoms with Crippen LogP contribution in [0.15, 0.2) is 18.2 Å². The molecular weight excluding hydrogens is 176 g/mol. The number of aliphatic hydroxyl groups excluding tert-OH is 1. The summed E-state index contributed by atoms with van der Waals surface area (Å²) in [5, 5.41) is 9.37. The Morgan fingerprint density at radius 2 is 2.25 bits per heavy atom. The third kappa shape index (κ3) is 1.90. The highest BCUT2D eigenvalue weighted by molar-refractivity contribution is 6.32. The first kappa shape index (κ1) is 9.36. The second kappa shape index (κ2) is 4.33. The van der Waals surface area contributed by atoms with E-state index >= 15 is 0 Å². The van der Waals surface area contributed by atoms with Crippen molar-refractivity contribution in [2.24, 2.45) is 0 Å². The van der Waals surface area contributed by atoms with Gasteiger partial charge in [-0.1, -0.05) is 23.7 Å². The monoisotopic (exact) mass is 186 g/mol. The lowest BCUT2D eigenvalue weighted by Gasteiger charge is -2.07. The van der Waals surface area contributed by atoms with E-state index < -0.39 is 0 Å². The third-order valence-electron chi connectivity index (χ3n) is 1.51. The summed E-state index contributed by atoms with van der Waals surface area (Å²) in [5.41, 5.74) is 0.697. The molecule has 1 rings (SSSR count). The molecule has 0 saturated carbocycles. The molecule has 0 heterocycles.